The van der Waals surface area contributed by atoms with E-state index in [0.29, 0.717) is 23.5 Å². The fraction of sp³-hybridized carbons (Fsp3) is 0.240. The molecule has 36 heavy (non-hydrogen) atoms. The molecule has 1 aliphatic rings. The average Bonchev–Trinajstić information content (AvgIpc) is 3.28. The van der Waals surface area contributed by atoms with Gasteiger partial charge in [-0.2, -0.15) is 4.98 Å². The van der Waals surface area contributed by atoms with Crippen molar-refractivity contribution in [3.05, 3.63) is 72.3 Å². The Hall–Kier alpha value is -4.67. The summed E-state index contributed by atoms with van der Waals surface area (Å²) in [6.07, 6.45) is 3.27. The summed E-state index contributed by atoms with van der Waals surface area (Å²) in [5.41, 5.74) is 8.72. The largest absolute Gasteiger partial charge is 0.368 e. The number of nitrogens with zero attached hydrogens (tertiary/aromatic N) is 4. The van der Waals surface area contributed by atoms with Crippen LogP contribution in [0.5, 0.6) is 0 Å². The summed E-state index contributed by atoms with van der Waals surface area (Å²) in [6, 6.07) is 13.6. The van der Waals surface area contributed by atoms with Crippen LogP contribution in [0.4, 0.5) is 28.1 Å². The van der Waals surface area contributed by atoms with Gasteiger partial charge in [0.05, 0.1) is 0 Å². The van der Waals surface area contributed by atoms with E-state index in [0.717, 1.165) is 29.6 Å². The fourth-order valence-corrected chi connectivity index (χ4v) is 4.10. The summed E-state index contributed by atoms with van der Waals surface area (Å²) in [7, 11) is 1.56. The maximum atomic E-state index is 12.7. The number of carbonyl (C=O) groups is 3. The maximum absolute atomic E-state index is 12.7. The lowest BCUT2D eigenvalue weighted by Gasteiger charge is -2.32. The molecule has 0 bridgehead atoms. The van der Waals surface area contributed by atoms with Crippen LogP contribution >= 0.6 is 0 Å². The monoisotopic (exact) mass is 488 g/mol. The number of likely N-dealkylation sites (tertiary alicyclic amines) is 1. The third-order valence-corrected chi connectivity index (χ3v) is 6.00. The number of nitrogens with one attached hydrogen (secondary N) is 3. The van der Waals surface area contributed by atoms with Crippen LogP contribution in [0.2, 0.25) is 0 Å². The van der Waals surface area contributed by atoms with Crippen LogP contribution in [-0.4, -0.2) is 57.6 Å². The van der Waals surface area contributed by atoms with Crippen molar-refractivity contribution in [3.63, 3.8) is 0 Å². The van der Waals surface area contributed by atoms with E-state index < -0.39 is 6.03 Å². The number of hydrogen-bond acceptors (Lipinski definition) is 7. The van der Waals surface area contributed by atoms with Gasteiger partial charge in [-0.15, -0.1) is 9.78 Å². The number of benzene rings is 2. The molecule has 11 nitrogen and oxygen atoms in total. The highest BCUT2D eigenvalue weighted by atomic mass is 16.2. The van der Waals surface area contributed by atoms with Crippen molar-refractivity contribution in [2.24, 2.45) is 0 Å². The quantitative estimate of drug-likeness (QED) is 0.390. The molecule has 0 radical (unpaired) electrons. The lowest BCUT2D eigenvalue weighted by atomic mass is 9.90. The third kappa shape index (κ3) is 5.52. The summed E-state index contributed by atoms with van der Waals surface area (Å²) in [4.78, 5) is 42.3. The van der Waals surface area contributed by atoms with Crippen molar-refractivity contribution in [1.29, 1.82) is 0 Å². The first-order valence-electron chi connectivity index (χ1n) is 11.5. The Bertz CT molecular complexity index is 1270. The highest BCUT2D eigenvalue weighted by molar-refractivity contribution is 5.94. The molecule has 0 spiro atoms. The molecule has 1 aromatic heterocycles. The van der Waals surface area contributed by atoms with Crippen LogP contribution in [0, 0.1) is 0 Å². The van der Waals surface area contributed by atoms with Crippen molar-refractivity contribution in [2.45, 2.75) is 18.8 Å². The predicted octanol–water partition coefficient (Wildman–Crippen LogP) is 2.94. The number of piperidine rings is 1. The second kappa shape index (κ2) is 10.7. The van der Waals surface area contributed by atoms with Gasteiger partial charge in [0.25, 0.3) is 5.91 Å². The highest BCUT2D eigenvalue weighted by Gasteiger charge is 2.23. The van der Waals surface area contributed by atoms with Crippen molar-refractivity contribution < 1.29 is 14.4 Å². The first kappa shape index (κ1) is 24.5. The number of aromatic nitrogens is 3. The van der Waals surface area contributed by atoms with Crippen molar-refractivity contribution in [2.75, 3.05) is 36.5 Å². The van der Waals surface area contributed by atoms with E-state index in [2.05, 4.69) is 32.6 Å². The third-order valence-electron chi connectivity index (χ3n) is 6.00. The molecule has 2 aromatic carbocycles. The van der Waals surface area contributed by atoms with Crippen LogP contribution in [-0.2, 0) is 4.79 Å². The summed E-state index contributed by atoms with van der Waals surface area (Å²) < 4.78 is 0.967. The molecule has 3 aromatic rings. The van der Waals surface area contributed by atoms with Crippen molar-refractivity contribution >= 4 is 41.1 Å². The van der Waals surface area contributed by atoms with Gasteiger partial charge in [-0.05, 0) is 60.9 Å². The Kier molecular flexibility index (Phi) is 7.28. The number of hydrogen-bond donors (Lipinski definition) is 4. The number of nitrogens with two attached hydrogens (primary N) is 1. The molecule has 11 heteroatoms. The Balaban J connectivity index is 1.38. The molecule has 1 atom stereocenters. The number of amides is 3. The Labute approximate surface area is 208 Å². The van der Waals surface area contributed by atoms with Gasteiger partial charge >= 0.3 is 6.03 Å². The number of rotatable bonds is 6. The van der Waals surface area contributed by atoms with Gasteiger partial charge in [0.2, 0.25) is 17.8 Å². The van der Waals surface area contributed by atoms with Crippen LogP contribution in [0.15, 0.2) is 61.2 Å². The zero-order valence-electron chi connectivity index (χ0n) is 19.9. The molecule has 1 fully saturated rings. The summed E-state index contributed by atoms with van der Waals surface area (Å²) in [5, 5.41) is 12.4. The molecule has 4 rings (SSSR count). The molecule has 2 heterocycles. The van der Waals surface area contributed by atoms with E-state index in [1.54, 1.807) is 31.3 Å². The Morgan fingerprint density at radius 3 is 2.44 bits per heavy atom. The van der Waals surface area contributed by atoms with Crippen LogP contribution in [0.3, 0.4) is 0 Å². The van der Waals surface area contributed by atoms with E-state index in [1.165, 1.54) is 6.08 Å². The van der Waals surface area contributed by atoms with Gasteiger partial charge in [-0.25, -0.2) is 4.79 Å². The van der Waals surface area contributed by atoms with Crippen molar-refractivity contribution in [1.82, 2.24) is 25.0 Å². The topological polar surface area (TPSA) is 147 Å². The summed E-state index contributed by atoms with van der Waals surface area (Å²) in [6.45, 7) is 4.96. The van der Waals surface area contributed by atoms with E-state index in [1.807, 2.05) is 29.2 Å². The fourth-order valence-electron chi connectivity index (χ4n) is 4.10. The van der Waals surface area contributed by atoms with Gasteiger partial charge in [0.15, 0.2) is 0 Å². The Morgan fingerprint density at radius 2 is 1.78 bits per heavy atom. The SMILES string of the molecule is C=CC(=O)N1CCC[C@@H](c2ccc(NC(=O)n3nc(Nc4ccc(C(=O)NC)cc4)nc3N)cc2)C1. The van der Waals surface area contributed by atoms with Gasteiger partial charge in [-0.3, -0.25) is 9.59 Å². The molecule has 0 aliphatic carbocycles. The lowest BCUT2D eigenvalue weighted by Crippen LogP contribution is -2.38. The molecule has 186 valence electrons. The van der Waals surface area contributed by atoms with E-state index in [4.69, 9.17) is 5.73 Å². The van der Waals surface area contributed by atoms with Gasteiger partial charge < -0.3 is 26.6 Å². The average molecular weight is 489 g/mol. The zero-order chi connectivity index (χ0) is 25.7. The normalized spacial score (nSPS) is 15.1. The molecule has 1 aliphatic heterocycles. The molecule has 0 unspecified atom stereocenters. The molecule has 1 saturated heterocycles. The molecular weight excluding hydrogens is 460 g/mol. The molecule has 3 amide bonds. The first-order valence-corrected chi connectivity index (χ1v) is 11.5. The first-order chi connectivity index (χ1) is 17.4. The maximum Gasteiger partial charge on any atom is 0.349 e. The summed E-state index contributed by atoms with van der Waals surface area (Å²) in [5.74, 6) is 0.0481. The van der Waals surface area contributed by atoms with Gasteiger partial charge in [-0.1, -0.05) is 18.7 Å². The van der Waals surface area contributed by atoms with Crippen LogP contribution < -0.4 is 21.7 Å². The lowest BCUT2D eigenvalue weighted by molar-refractivity contribution is -0.127. The highest BCUT2D eigenvalue weighted by Crippen LogP contribution is 2.28. The van der Waals surface area contributed by atoms with E-state index in [9.17, 15) is 14.4 Å². The van der Waals surface area contributed by atoms with E-state index >= 15 is 0 Å². The minimum Gasteiger partial charge on any atom is -0.368 e. The minimum absolute atomic E-state index is 0.0521. The predicted molar refractivity (Wildman–Crippen MR) is 137 cm³/mol. The number of carbonyl (C=O) groups excluding carboxylic acids is 3. The summed E-state index contributed by atoms with van der Waals surface area (Å²) >= 11 is 0. The Morgan fingerprint density at radius 1 is 1.08 bits per heavy atom. The second-order valence-corrected chi connectivity index (χ2v) is 8.37. The second-order valence-electron chi connectivity index (χ2n) is 8.37. The number of nitrogen functional groups attached to an aromatic ring is 1. The minimum atomic E-state index is -0.559. The smallest absolute Gasteiger partial charge is 0.349 e. The molecular formula is C25H28N8O3. The standard InChI is InChI=1S/C25H28N8O3/c1-3-21(34)32-14-4-5-18(15-32)16-6-10-20(11-7-16)29-25(36)33-23(26)30-24(31-33)28-19-12-8-17(9-13-19)22(35)27-2/h3,6-13,18H,1,4-5,14-15H2,2H3,(H,27,35)(H,29,36)(H3,26,28,30,31)/t18-/m1/s1. The molecule has 0 saturated carbocycles. The van der Waals surface area contributed by atoms with Gasteiger partial charge in [0, 0.05) is 43.0 Å². The van der Waals surface area contributed by atoms with Crippen molar-refractivity contribution in [3.8, 4) is 0 Å². The number of anilines is 4. The van der Waals surface area contributed by atoms with Gasteiger partial charge in [0.1, 0.15) is 0 Å². The molecule has 5 N–H and O–H groups in total. The van der Waals surface area contributed by atoms with Crippen LogP contribution in [0.25, 0.3) is 0 Å². The van der Waals surface area contributed by atoms with E-state index in [-0.39, 0.29) is 29.6 Å². The zero-order valence-corrected chi connectivity index (χ0v) is 19.9. The van der Waals surface area contributed by atoms with Crippen LogP contribution in [0.1, 0.15) is 34.7 Å².